The van der Waals surface area contributed by atoms with Gasteiger partial charge in [0.25, 0.3) is 0 Å². The Labute approximate surface area is 199 Å². The fraction of sp³-hybridized carbons (Fsp3) is 0.444. The van der Waals surface area contributed by atoms with Crippen molar-refractivity contribution in [3.8, 4) is 11.1 Å². The molecule has 7 heteroatoms. The third-order valence-electron chi connectivity index (χ3n) is 6.90. The van der Waals surface area contributed by atoms with Crippen molar-refractivity contribution in [2.75, 3.05) is 13.2 Å². The highest BCUT2D eigenvalue weighted by Gasteiger charge is 2.36. The second-order valence-corrected chi connectivity index (χ2v) is 9.95. The molecule has 180 valence electrons. The molecule has 0 bridgehead atoms. The molecule has 0 saturated heterocycles. The molecule has 0 radical (unpaired) electrons. The topological polar surface area (TPSA) is 105 Å². The number of nitrogens with one attached hydrogen (secondary N) is 2. The summed E-state index contributed by atoms with van der Waals surface area (Å²) in [5, 5.41) is 14.8. The van der Waals surface area contributed by atoms with E-state index in [0.29, 0.717) is 6.54 Å². The molecule has 0 aliphatic heterocycles. The van der Waals surface area contributed by atoms with Gasteiger partial charge in [0.1, 0.15) is 6.61 Å². The molecule has 2 aliphatic rings. The molecule has 2 aromatic rings. The normalized spacial score (nSPS) is 19.2. The highest BCUT2D eigenvalue weighted by atomic mass is 16.5. The third-order valence-corrected chi connectivity index (χ3v) is 6.90. The number of benzene rings is 2. The molecule has 2 aromatic carbocycles. The van der Waals surface area contributed by atoms with E-state index in [-0.39, 0.29) is 36.7 Å². The van der Waals surface area contributed by atoms with E-state index in [0.717, 1.165) is 30.4 Å². The lowest BCUT2D eigenvalue weighted by molar-refractivity contribution is -0.139. The number of hydrogen-bond donors (Lipinski definition) is 3. The molecule has 4 rings (SSSR count). The molecular weight excluding hydrogens is 432 g/mol. The SMILES string of the molecule is CC(C)(CC(=O)O)NC(=O)[C@H]1CCC[C@H]1CNC(=O)OCC1c2ccccc2-c2ccccc21. The molecule has 0 aromatic heterocycles. The number of aliphatic carboxylic acids is 1. The lowest BCUT2D eigenvalue weighted by Crippen LogP contribution is -2.48. The predicted molar refractivity (Wildman–Crippen MR) is 128 cm³/mol. The zero-order valence-corrected chi connectivity index (χ0v) is 19.7. The Hall–Kier alpha value is -3.35. The van der Waals surface area contributed by atoms with E-state index >= 15 is 0 Å². The molecule has 0 spiro atoms. The van der Waals surface area contributed by atoms with Crippen LogP contribution < -0.4 is 10.6 Å². The Balaban J connectivity index is 1.30. The van der Waals surface area contributed by atoms with E-state index in [9.17, 15) is 14.4 Å². The van der Waals surface area contributed by atoms with Gasteiger partial charge >= 0.3 is 12.1 Å². The van der Waals surface area contributed by atoms with Crippen molar-refractivity contribution in [3.63, 3.8) is 0 Å². The average molecular weight is 465 g/mol. The second kappa shape index (κ2) is 9.87. The quantitative estimate of drug-likeness (QED) is 0.540. The van der Waals surface area contributed by atoms with Crippen LogP contribution in [0.3, 0.4) is 0 Å². The van der Waals surface area contributed by atoms with Crippen LogP contribution in [0.2, 0.25) is 0 Å². The predicted octanol–water partition coefficient (Wildman–Crippen LogP) is 4.31. The first-order valence-corrected chi connectivity index (χ1v) is 11.9. The third kappa shape index (κ3) is 5.24. The standard InChI is InChI=1S/C27H32N2O5/c1-27(2,14-24(30)31)29-25(32)18-13-7-8-17(18)15-28-26(33)34-16-23-21-11-5-3-9-19(21)20-10-4-6-12-22(20)23/h3-6,9-12,17-18,23H,7-8,13-16H2,1-2H3,(H,28,33)(H,29,32)(H,30,31)/t17-,18-/m0/s1. The van der Waals surface area contributed by atoms with Gasteiger partial charge in [0.05, 0.1) is 6.42 Å². The van der Waals surface area contributed by atoms with Gasteiger partial charge in [-0.2, -0.15) is 0 Å². The number of carbonyl (C=O) groups excluding carboxylic acids is 2. The van der Waals surface area contributed by atoms with Crippen molar-refractivity contribution < 1.29 is 24.2 Å². The summed E-state index contributed by atoms with van der Waals surface area (Å²) in [6.45, 7) is 4.02. The van der Waals surface area contributed by atoms with Crippen molar-refractivity contribution in [3.05, 3.63) is 59.7 Å². The Morgan fingerprint density at radius 2 is 1.62 bits per heavy atom. The van der Waals surface area contributed by atoms with E-state index in [4.69, 9.17) is 9.84 Å². The molecule has 2 atom stereocenters. The monoisotopic (exact) mass is 464 g/mol. The molecule has 2 amide bonds. The van der Waals surface area contributed by atoms with E-state index in [1.807, 2.05) is 24.3 Å². The Morgan fingerprint density at radius 1 is 1.00 bits per heavy atom. The van der Waals surface area contributed by atoms with Crippen LogP contribution in [0.4, 0.5) is 4.79 Å². The summed E-state index contributed by atoms with van der Waals surface area (Å²) in [6, 6.07) is 16.4. The van der Waals surface area contributed by atoms with Gasteiger partial charge in [-0.05, 0) is 54.9 Å². The molecular formula is C27H32N2O5. The van der Waals surface area contributed by atoms with Crippen LogP contribution in [0, 0.1) is 11.8 Å². The van der Waals surface area contributed by atoms with Crippen molar-refractivity contribution in [1.29, 1.82) is 0 Å². The van der Waals surface area contributed by atoms with Crippen LogP contribution in [0.5, 0.6) is 0 Å². The number of amides is 2. The number of rotatable bonds is 8. The van der Waals surface area contributed by atoms with Crippen molar-refractivity contribution in [1.82, 2.24) is 10.6 Å². The summed E-state index contributed by atoms with van der Waals surface area (Å²) in [5.74, 6) is -1.35. The van der Waals surface area contributed by atoms with E-state index in [1.54, 1.807) is 13.8 Å². The summed E-state index contributed by atoms with van der Waals surface area (Å²) in [5.41, 5.74) is 3.85. The lowest BCUT2D eigenvalue weighted by atomic mass is 9.92. The number of ether oxygens (including phenoxy) is 1. The Bertz CT molecular complexity index is 1030. The van der Waals surface area contributed by atoms with Gasteiger partial charge in [-0.25, -0.2) is 4.79 Å². The van der Waals surface area contributed by atoms with E-state index in [1.165, 1.54) is 11.1 Å². The van der Waals surface area contributed by atoms with Gasteiger partial charge in [0.15, 0.2) is 0 Å². The molecule has 34 heavy (non-hydrogen) atoms. The van der Waals surface area contributed by atoms with Gasteiger partial charge in [0, 0.05) is 23.9 Å². The van der Waals surface area contributed by atoms with Gasteiger partial charge in [-0.15, -0.1) is 0 Å². The second-order valence-electron chi connectivity index (χ2n) is 9.95. The maximum absolute atomic E-state index is 12.8. The summed E-state index contributed by atoms with van der Waals surface area (Å²) in [6.07, 6.45) is 1.83. The number of alkyl carbamates (subject to hydrolysis) is 1. The van der Waals surface area contributed by atoms with Gasteiger partial charge < -0.3 is 20.5 Å². The summed E-state index contributed by atoms with van der Waals surface area (Å²) in [7, 11) is 0. The maximum atomic E-state index is 12.8. The molecule has 0 unspecified atom stereocenters. The average Bonchev–Trinajstić information content (AvgIpc) is 3.38. The van der Waals surface area contributed by atoms with Gasteiger partial charge in [-0.1, -0.05) is 55.0 Å². The van der Waals surface area contributed by atoms with Crippen LogP contribution >= 0.6 is 0 Å². The molecule has 2 aliphatic carbocycles. The highest BCUT2D eigenvalue weighted by molar-refractivity contribution is 5.81. The maximum Gasteiger partial charge on any atom is 0.407 e. The number of carbonyl (C=O) groups is 3. The summed E-state index contributed by atoms with van der Waals surface area (Å²) < 4.78 is 5.60. The zero-order valence-electron chi connectivity index (χ0n) is 19.7. The first kappa shape index (κ1) is 23.8. The molecule has 1 saturated carbocycles. The van der Waals surface area contributed by atoms with Crippen LogP contribution in [0.1, 0.15) is 56.6 Å². The largest absolute Gasteiger partial charge is 0.481 e. The lowest BCUT2D eigenvalue weighted by Gasteiger charge is -2.28. The summed E-state index contributed by atoms with van der Waals surface area (Å²) >= 11 is 0. The van der Waals surface area contributed by atoms with Gasteiger partial charge in [0.2, 0.25) is 5.91 Å². The van der Waals surface area contributed by atoms with Crippen LogP contribution in [-0.2, 0) is 14.3 Å². The Morgan fingerprint density at radius 3 is 2.24 bits per heavy atom. The number of fused-ring (bicyclic) bond motifs is 3. The van der Waals surface area contributed by atoms with Crippen LogP contribution in [0.25, 0.3) is 11.1 Å². The number of carboxylic acids is 1. The van der Waals surface area contributed by atoms with Crippen molar-refractivity contribution in [2.24, 2.45) is 11.8 Å². The van der Waals surface area contributed by atoms with Crippen molar-refractivity contribution >= 4 is 18.0 Å². The van der Waals surface area contributed by atoms with Gasteiger partial charge in [-0.3, -0.25) is 9.59 Å². The van der Waals surface area contributed by atoms with E-state index < -0.39 is 17.6 Å². The molecule has 0 heterocycles. The van der Waals surface area contributed by atoms with E-state index in [2.05, 4.69) is 34.9 Å². The first-order chi connectivity index (χ1) is 16.2. The minimum Gasteiger partial charge on any atom is -0.481 e. The minimum atomic E-state index is -0.954. The summed E-state index contributed by atoms with van der Waals surface area (Å²) in [4.78, 5) is 36.3. The fourth-order valence-electron chi connectivity index (χ4n) is 5.34. The zero-order chi connectivity index (χ0) is 24.3. The molecule has 3 N–H and O–H groups in total. The smallest absolute Gasteiger partial charge is 0.407 e. The number of carboxylic acid groups (broad SMARTS) is 1. The molecule has 1 fully saturated rings. The Kier molecular flexibility index (Phi) is 6.91. The van der Waals surface area contributed by atoms with Crippen molar-refractivity contribution in [2.45, 2.75) is 51.0 Å². The van der Waals surface area contributed by atoms with Crippen LogP contribution in [0.15, 0.2) is 48.5 Å². The highest BCUT2D eigenvalue weighted by Crippen LogP contribution is 2.44. The molecule has 7 nitrogen and oxygen atoms in total. The van der Waals surface area contributed by atoms with Crippen LogP contribution in [-0.4, -0.2) is 41.8 Å². The minimum absolute atomic E-state index is 0.000349. The fourth-order valence-corrected chi connectivity index (χ4v) is 5.34. The number of hydrogen-bond acceptors (Lipinski definition) is 4. The first-order valence-electron chi connectivity index (χ1n) is 11.9.